The van der Waals surface area contributed by atoms with Crippen molar-refractivity contribution < 1.29 is 65.3 Å². The number of ether oxygens (including phenoxy) is 1. The van der Waals surface area contributed by atoms with E-state index in [9.17, 15) is 65.0 Å². The Morgan fingerprint density at radius 1 is 0.663 bits per heavy atom. The van der Waals surface area contributed by atoms with Crippen molar-refractivity contribution in [2.75, 3.05) is 17.7 Å². The van der Waals surface area contributed by atoms with Crippen molar-refractivity contribution in [2.24, 2.45) is 14.1 Å². The maximum atomic E-state index is 13.0. The van der Waals surface area contributed by atoms with Crippen LogP contribution in [0.2, 0.25) is 5.02 Å². The van der Waals surface area contributed by atoms with Gasteiger partial charge < -0.3 is 30.2 Å². The second-order valence-electron chi connectivity index (χ2n) is 18.2. The zero-order valence-electron chi connectivity index (χ0n) is 45.0. The van der Waals surface area contributed by atoms with E-state index in [2.05, 4.69) is 15.6 Å². The smallest absolute Gasteiger partial charge is 0.416 e. The minimum atomic E-state index is -4.39. The number of hydrogen-bond acceptors (Lipinski definition) is 11. The van der Waals surface area contributed by atoms with E-state index in [1.807, 2.05) is 0 Å². The summed E-state index contributed by atoms with van der Waals surface area (Å²) in [6.07, 6.45) is -7.70. The second kappa shape index (κ2) is 26.7. The van der Waals surface area contributed by atoms with Crippen molar-refractivity contribution in [1.29, 1.82) is 0 Å². The van der Waals surface area contributed by atoms with E-state index in [-0.39, 0.29) is 59.4 Å². The Morgan fingerprint density at radius 2 is 1.18 bits per heavy atom. The van der Waals surface area contributed by atoms with Crippen LogP contribution in [0.25, 0.3) is 22.1 Å². The molecule has 0 aliphatic carbocycles. The number of anilines is 4. The zero-order valence-corrected chi connectivity index (χ0v) is 45.8. The fourth-order valence-corrected chi connectivity index (χ4v) is 8.51. The van der Waals surface area contributed by atoms with Gasteiger partial charge in [-0.05, 0) is 129 Å². The number of carboxylic acid groups (broad SMARTS) is 2. The van der Waals surface area contributed by atoms with E-state index in [0.29, 0.717) is 61.0 Å². The van der Waals surface area contributed by atoms with Crippen molar-refractivity contribution in [3.05, 3.63) is 211 Å². The summed E-state index contributed by atoms with van der Waals surface area (Å²) in [4.78, 5) is 85.3. The molecule has 0 unspecified atom stereocenters. The molecule has 0 fully saturated rings. The lowest BCUT2D eigenvalue weighted by atomic mass is 10.1. The fraction of sp³-hybridized carbons (Fsp3) is 0.186. The van der Waals surface area contributed by atoms with Crippen LogP contribution in [-0.2, 0) is 49.0 Å². The summed E-state index contributed by atoms with van der Waals surface area (Å²) in [5.74, 6) is -1.85. The summed E-state index contributed by atoms with van der Waals surface area (Å²) in [5.41, 5.74) is 2.83. The van der Waals surface area contributed by atoms with E-state index in [1.54, 1.807) is 105 Å². The number of halogens is 7. The van der Waals surface area contributed by atoms with Crippen LogP contribution in [0.4, 0.5) is 49.1 Å². The third-order valence-corrected chi connectivity index (χ3v) is 12.8. The van der Waals surface area contributed by atoms with Gasteiger partial charge in [0, 0.05) is 76.2 Å². The van der Waals surface area contributed by atoms with E-state index in [0.717, 1.165) is 28.8 Å². The number of rotatable bonds is 13. The summed E-state index contributed by atoms with van der Waals surface area (Å²) in [5, 5.41) is 24.8. The standard InChI is InChI=1S/C19H16ClNO4.2C15H12F3NO.C10H12N4O4/c1-11-15(10-18(22)23)16-9-14(25-2)7-8-17(16)21(11)19(24)12-3-5-13(20)6-4-12;2*1-10(20)13-7-2-3-8-14(13)19-12-6-4-5-11(9-12)15(16,17)18;1-12-8-7(9(17)13(2)10(12)18)14(5-11-8)4-3-6(15)16/h3-9H,10H2,1-2H3,(H,22,23);2*2-9,19H,1H3;5H,3-4H2,1-2H3,(H,15,16). The first-order valence-corrected chi connectivity index (χ1v) is 25.1. The molecule has 24 heteroatoms. The molecule has 0 atom stereocenters. The number of nitrogens with one attached hydrogen (secondary N) is 2. The number of aryl methyl sites for hydroxylation is 2. The number of carbonyl (C=O) groups is 5. The number of imidazole rings is 1. The molecule has 9 aromatic rings. The molecule has 17 nitrogen and oxygen atoms in total. The summed E-state index contributed by atoms with van der Waals surface area (Å²) >= 11 is 5.89. The molecule has 0 aliphatic heterocycles. The highest BCUT2D eigenvalue weighted by atomic mass is 35.5. The number of aromatic nitrogens is 5. The molecule has 3 aromatic heterocycles. The van der Waals surface area contributed by atoms with Gasteiger partial charge in [0.25, 0.3) is 11.5 Å². The van der Waals surface area contributed by atoms with Gasteiger partial charge in [0.15, 0.2) is 22.7 Å². The first-order valence-electron chi connectivity index (χ1n) is 24.7. The number of alkyl halides is 6. The molecule has 0 aliphatic rings. The van der Waals surface area contributed by atoms with E-state index >= 15 is 0 Å². The molecule has 9 rings (SSSR count). The number of nitrogens with zero attached hydrogens (tertiary/aromatic N) is 5. The largest absolute Gasteiger partial charge is 0.497 e. The topological polar surface area (TPSA) is 226 Å². The van der Waals surface area contributed by atoms with E-state index in [1.165, 1.54) is 72.2 Å². The third-order valence-electron chi connectivity index (χ3n) is 12.5. The van der Waals surface area contributed by atoms with Gasteiger partial charge in [-0.2, -0.15) is 26.3 Å². The van der Waals surface area contributed by atoms with Gasteiger partial charge in [0.05, 0.1) is 42.9 Å². The molecule has 0 spiro atoms. The van der Waals surface area contributed by atoms with Gasteiger partial charge in [-0.25, -0.2) is 9.78 Å². The zero-order chi connectivity index (χ0) is 61.1. The number of benzene rings is 6. The Kier molecular flexibility index (Phi) is 20.1. The Labute approximate surface area is 473 Å². The van der Waals surface area contributed by atoms with Crippen LogP contribution < -0.4 is 26.6 Å². The van der Waals surface area contributed by atoms with Gasteiger partial charge in [0.1, 0.15) is 5.75 Å². The number of methoxy groups -OCH3 is 1. The molecule has 0 radical (unpaired) electrons. The van der Waals surface area contributed by atoms with Crippen LogP contribution in [0.3, 0.4) is 0 Å². The molecule has 0 saturated heterocycles. The van der Waals surface area contributed by atoms with Gasteiger partial charge in [-0.15, -0.1) is 0 Å². The lowest BCUT2D eigenvalue weighted by Crippen LogP contribution is -2.37. The lowest BCUT2D eigenvalue weighted by Gasteiger charge is -2.12. The van der Waals surface area contributed by atoms with Crippen LogP contribution in [0.5, 0.6) is 5.75 Å². The Morgan fingerprint density at radius 3 is 1.65 bits per heavy atom. The van der Waals surface area contributed by atoms with Crippen LogP contribution in [0, 0.1) is 6.92 Å². The summed E-state index contributed by atoms with van der Waals surface area (Å²) < 4.78 is 86.2. The number of ketones is 2. The average molecular weight is 1170 g/mol. The van der Waals surface area contributed by atoms with Crippen molar-refractivity contribution in [2.45, 2.75) is 52.5 Å². The fourth-order valence-electron chi connectivity index (χ4n) is 8.39. The van der Waals surface area contributed by atoms with Gasteiger partial charge in [0.2, 0.25) is 0 Å². The number of Topliss-reactive ketones (excluding diaryl/α,β-unsaturated/α-hetero) is 2. The second-order valence-corrected chi connectivity index (χ2v) is 18.7. The van der Waals surface area contributed by atoms with Crippen molar-refractivity contribution in [3.63, 3.8) is 0 Å². The maximum absolute atomic E-state index is 13.0. The van der Waals surface area contributed by atoms with Crippen molar-refractivity contribution >= 4 is 85.8 Å². The lowest BCUT2D eigenvalue weighted by molar-refractivity contribution is -0.138. The SMILES string of the molecule is CC(=O)c1ccccc1Nc1cccc(C(F)(F)F)c1.CC(=O)c1ccccc1Nc1cccc(C(F)(F)F)c1.COc1ccc2c(c1)c(CC(=O)O)c(C)n2C(=O)c1ccc(Cl)cc1.Cn1c(=O)c2c(ncn2CCC(=O)O)n(C)c1=O. The quantitative estimate of drug-likeness (QED) is 0.0623. The predicted molar refractivity (Wildman–Crippen MR) is 301 cm³/mol. The van der Waals surface area contributed by atoms with Crippen LogP contribution in [-0.4, -0.2) is 70.0 Å². The summed E-state index contributed by atoms with van der Waals surface area (Å²) in [7, 11) is 4.43. The first-order chi connectivity index (χ1) is 39.1. The molecule has 0 bridgehead atoms. The monoisotopic (exact) mass is 1170 g/mol. The van der Waals surface area contributed by atoms with Crippen molar-refractivity contribution in [1.82, 2.24) is 23.3 Å². The van der Waals surface area contributed by atoms with Crippen LogP contribution in [0.15, 0.2) is 155 Å². The number of hydrogen-bond donors (Lipinski definition) is 4. The Hall–Kier alpha value is -9.77. The number of aliphatic carboxylic acids is 2. The maximum Gasteiger partial charge on any atom is 0.416 e. The summed E-state index contributed by atoms with van der Waals surface area (Å²) in [6.45, 7) is 4.71. The molecular formula is C59H52ClF6N7O10. The van der Waals surface area contributed by atoms with E-state index in [4.69, 9.17) is 21.4 Å². The first kappa shape index (κ1) is 62.4. The molecule has 4 N–H and O–H groups in total. The van der Waals surface area contributed by atoms with Crippen LogP contribution >= 0.6 is 11.6 Å². The van der Waals surface area contributed by atoms with Gasteiger partial charge in [-0.1, -0.05) is 48.0 Å². The highest BCUT2D eigenvalue weighted by Crippen LogP contribution is 2.34. The molecule has 83 heavy (non-hydrogen) atoms. The Balaban J connectivity index is 0.000000179. The Bertz CT molecular complexity index is 3900. The number of carboxylic acids is 2. The summed E-state index contributed by atoms with van der Waals surface area (Å²) in [6, 6.07) is 34.9. The molecule has 3 heterocycles. The van der Waals surface area contributed by atoms with Gasteiger partial charge >= 0.3 is 30.0 Å². The minimum absolute atomic E-state index is 0.114. The number of carbonyl (C=O) groups excluding carboxylic acids is 3. The number of fused-ring (bicyclic) bond motifs is 2. The minimum Gasteiger partial charge on any atom is -0.497 e. The van der Waals surface area contributed by atoms with Gasteiger partial charge in [-0.3, -0.25) is 42.5 Å². The molecule has 0 saturated carbocycles. The molecule has 6 aromatic carbocycles. The third kappa shape index (κ3) is 15.6. The van der Waals surface area contributed by atoms with Crippen molar-refractivity contribution in [3.8, 4) is 5.75 Å². The normalized spacial score (nSPS) is 11.0. The highest BCUT2D eigenvalue weighted by molar-refractivity contribution is 6.30. The molecule has 0 amide bonds. The van der Waals surface area contributed by atoms with E-state index < -0.39 is 46.7 Å². The predicted octanol–water partition coefficient (Wildman–Crippen LogP) is 12.1. The molecular weight excluding hydrogens is 1120 g/mol. The molecule has 432 valence electrons. The highest BCUT2D eigenvalue weighted by Gasteiger charge is 2.31. The van der Waals surface area contributed by atoms with Crippen LogP contribution in [0.1, 0.15) is 73.7 Å². The number of para-hydroxylation sites is 2. The average Bonchev–Trinajstić information content (AvgIpc) is 3.99.